The van der Waals surface area contributed by atoms with E-state index in [0.717, 1.165) is 166 Å². The van der Waals surface area contributed by atoms with Gasteiger partial charge in [0.25, 0.3) is 0 Å². The van der Waals surface area contributed by atoms with Gasteiger partial charge in [-0.2, -0.15) is 0 Å². The number of hydrogen-bond acceptors (Lipinski definition) is 9. The van der Waals surface area contributed by atoms with E-state index in [0.29, 0.717) is 17.8 Å². The van der Waals surface area contributed by atoms with Gasteiger partial charge in [-0.25, -0.2) is 0 Å². The number of benzene rings is 10. The highest BCUT2D eigenvalue weighted by atomic mass is 16.5. The molecule has 6 saturated carbocycles. The second kappa shape index (κ2) is 51.7. The highest BCUT2D eigenvalue weighted by molar-refractivity contribution is 5.92. The van der Waals surface area contributed by atoms with Crippen molar-refractivity contribution in [3.63, 3.8) is 0 Å². The molecule has 0 amide bonds. The van der Waals surface area contributed by atoms with Crippen LogP contribution in [0.25, 0.3) is 43.8 Å². The molecule has 10 aromatic carbocycles. The molecule has 10 aromatic rings. The molecule has 9 heteroatoms. The summed E-state index contributed by atoms with van der Waals surface area (Å²) in [5.41, 5.74) is 22.6. The van der Waals surface area contributed by atoms with Crippen LogP contribution in [0.4, 0.5) is 0 Å². The van der Waals surface area contributed by atoms with Gasteiger partial charge in [0.05, 0.1) is 25.9 Å². The molecule has 4 bridgehead atoms. The fourth-order valence-corrected chi connectivity index (χ4v) is 22.8. The number of rotatable bonds is 25. The lowest BCUT2D eigenvalue weighted by Crippen LogP contribution is -2.26. The van der Waals surface area contributed by atoms with E-state index in [1.54, 1.807) is 19.3 Å². The maximum Gasteiger partial charge on any atom is 0.109 e. The highest BCUT2D eigenvalue weighted by Gasteiger charge is 2.53. The summed E-state index contributed by atoms with van der Waals surface area (Å²) in [5.74, 6) is 9.36. The molecule has 0 saturated heterocycles. The molecule has 8 atom stereocenters. The lowest BCUT2D eigenvalue weighted by atomic mass is 9.76. The standard InChI is InChI=1S/C16H16O.C15H16O.C15H14O.C14H14O.C12H20O.2C12H16O.C11H22O.C10H20O/c1-2-17-11-16-14-9-5-3-7-12(14)13-8-4-6-10-15(13)16;1-2-16-10-13-9-12-7-3-5-11-6-4-8-14(13)15(11)12;1-2-16-15-13-9-5-3-7-11(13)12-8-4-6-10-14(12)15;1-2-15-13-9-11-7-3-5-10-6-4-8-12(13)14(10)11;1-2-13-7-12-10-4-8-3-9(6-10)11(12)5-8;1-2-13-9-10-7-11-5-3-4-6-12(11)8-10;1-2-13-9-11-8-7-10-5-3-4-6-12(10)11;1-2-12-10-11-8-6-4-3-5-7-9-11;1-2-11-9-10-7-5-3-4-6-8-10/h3-10,16H,2,11H2,1H3;3-8,13H,2,9-10H2,1H3;3-10,15H,2H2,1H3;3-8,13H,2,9H2,1H3;8-12H,2-7H2,1H3;3-6,10H,2,7-9H2,1H3;3-6,11H,2,7-9H2,1H3;11H,2-10H2,1H3;10H,2-9H2,1H3. The van der Waals surface area contributed by atoms with Crippen molar-refractivity contribution in [1.82, 2.24) is 0 Å². The van der Waals surface area contributed by atoms with Crippen LogP contribution in [0, 0.1) is 47.3 Å². The average molecular weight is 1700 g/mol. The van der Waals surface area contributed by atoms with Gasteiger partial charge in [0.1, 0.15) is 6.10 Å². The predicted octanol–water partition coefficient (Wildman–Crippen LogP) is 28.9. The zero-order valence-corrected chi connectivity index (χ0v) is 78.5. The van der Waals surface area contributed by atoms with Crippen LogP contribution >= 0.6 is 0 Å². The summed E-state index contributed by atoms with van der Waals surface area (Å²) in [6.45, 7) is 32.6. The van der Waals surface area contributed by atoms with E-state index >= 15 is 0 Å². The first-order valence-corrected chi connectivity index (χ1v) is 50.0. The van der Waals surface area contributed by atoms with Gasteiger partial charge in [0.2, 0.25) is 0 Å². The Morgan fingerprint density at radius 2 is 0.651 bits per heavy atom. The molecule has 0 N–H and O–H groups in total. The van der Waals surface area contributed by atoms with Crippen molar-refractivity contribution in [3.05, 3.63) is 285 Å². The van der Waals surface area contributed by atoms with Crippen molar-refractivity contribution in [2.75, 3.05) is 106 Å². The Hall–Kier alpha value is -7.64. The molecule has 6 fully saturated rings. The Morgan fingerprint density at radius 1 is 0.262 bits per heavy atom. The molecule has 126 heavy (non-hydrogen) atoms. The lowest BCUT2D eigenvalue weighted by Gasteiger charge is -2.31. The molecule has 12 aliphatic rings. The highest BCUT2D eigenvalue weighted by Crippen LogP contribution is 2.61. The molecule has 0 spiro atoms. The maximum absolute atomic E-state index is 5.86. The lowest BCUT2D eigenvalue weighted by molar-refractivity contribution is 0.0563. The number of aryl methyl sites for hydroxylation is 1. The van der Waals surface area contributed by atoms with Gasteiger partial charge in [-0.05, 0) is 304 Å². The van der Waals surface area contributed by atoms with Crippen molar-refractivity contribution < 1.29 is 42.6 Å². The molecule has 0 aromatic heterocycles. The third-order valence-electron chi connectivity index (χ3n) is 28.7. The van der Waals surface area contributed by atoms with Gasteiger partial charge < -0.3 is 42.6 Å². The summed E-state index contributed by atoms with van der Waals surface area (Å²) in [6.07, 6.45) is 32.2. The summed E-state index contributed by atoms with van der Waals surface area (Å²) in [5, 5.41) is 5.59. The predicted molar refractivity (Wildman–Crippen MR) is 525 cm³/mol. The van der Waals surface area contributed by atoms with Crippen LogP contribution in [0.3, 0.4) is 0 Å². The van der Waals surface area contributed by atoms with Gasteiger partial charge in [-0.15, -0.1) is 0 Å². The summed E-state index contributed by atoms with van der Waals surface area (Å²) < 4.78 is 50.3. The van der Waals surface area contributed by atoms with Crippen LogP contribution in [-0.2, 0) is 74.7 Å². The van der Waals surface area contributed by atoms with Gasteiger partial charge in [-0.1, -0.05) is 276 Å². The Balaban J connectivity index is 0.000000122. The minimum atomic E-state index is 0.123. The van der Waals surface area contributed by atoms with E-state index < -0.39 is 0 Å². The normalized spacial score (nSPS) is 21.1. The topological polar surface area (TPSA) is 83.1 Å². The van der Waals surface area contributed by atoms with Gasteiger partial charge >= 0.3 is 0 Å². The van der Waals surface area contributed by atoms with Gasteiger partial charge in [-0.3, -0.25) is 0 Å². The van der Waals surface area contributed by atoms with E-state index in [2.05, 4.69) is 267 Å². The minimum Gasteiger partial charge on any atom is -0.381 e. The maximum atomic E-state index is 5.86. The Morgan fingerprint density at radius 3 is 1.17 bits per heavy atom. The molecule has 0 heterocycles. The molecule has 0 radical (unpaired) electrons. The van der Waals surface area contributed by atoms with Crippen LogP contribution in [0.15, 0.2) is 218 Å². The third kappa shape index (κ3) is 25.9. The number of hydrogen-bond donors (Lipinski definition) is 0. The second-order valence-corrected chi connectivity index (χ2v) is 36.8. The second-order valence-electron chi connectivity index (χ2n) is 36.8. The number of fused-ring (bicyclic) bond motifs is 8. The first-order valence-electron chi connectivity index (χ1n) is 50.0. The van der Waals surface area contributed by atoms with Crippen molar-refractivity contribution in [1.29, 1.82) is 0 Å². The fourth-order valence-electron chi connectivity index (χ4n) is 22.8. The SMILES string of the molecule is CCOC1Cc2cccc3cccc1c23.CCOC1c2ccccc2-c2ccccc21.CCOCC1C2CC3CC(C2)C1C3.CCOCC1CCCCCC1.CCOCC1CCCCCCC1.CCOCC1CCc2ccccc21.CCOCC1Cc2cccc3cccc1c23.CCOCC1Cc2ccccc2C1.CCOCC1c2ccccc2-c2ccccc21. The minimum absolute atomic E-state index is 0.123. The first-order chi connectivity index (χ1) is 62.2. The van der Waals surface area contributed by atoms with Crippen LogP contribution < -0.4 is 0 Å². The summed E-state index contributed by atoms with van der Waals surface area (Å²) in [6, 6.07) is 78.0. The van der Waals surface area contributed by atoms with Crippen LogP contribution in [0.5, 0.6) is 0 Å². The average Bonchev–Trinajstić information content (AvgIpc) is 1.60. The fraction of sp³-hybridized carbons (Fsp3) is 0.521. The summed E-state index contributed by atoms with van der Waals surface area (Å²) >= 11 is 0. The Labute approximate surface area is 759 Å². The number of ether oxygens (including phenoxy) is 9. The van der Waals surface area contributed by atoms with Crippen molar-refractivity contribution >= 4 is 21.5 Å². The Bertz CT molecular complexity index is 4680. The van der Waals surface area contributed by atoms with E-state index in [-0.39, 0.29) is 12.2 Å². The zero-order chi connectivity index (χ0) is 87.4. The third-order valence-corrected chi connectivity index (χ3v) is 28.7. The van der Waals surface area contributed by atoms with Crippen LogP contribution in [0.2, 0.25) is 0 Å². The summed E-state index contributed by atoms with van der Waals surface area (Å²) in [4.78, 5) is 0. The van der Waals surface area contributed by atoms with E-state index in [1.807, 2.05) is 13.8 Å². The van der Waals surface area contributed by atoms with E-state index in [1.165, 1.54) is 226 Å². The van der Waals surface area contributed by atoms with Crippen molar-refractivity contribution in [2.24, 2.45) is 47.3 Å². The van der Waals surface area contributed by atoms with E-state index in [4.69, 9.17) is 42.6 Å². The van der Waals surface area contributed by atoms with Gasteiger partial charge in [0.15, 0.2) is 0 Å². The van der Waals surface area contributed by atoms with E-state index in [9.17, 15) is 0 Å². The molecule has 676 valence electrons. The van der Waals surface area contributed by atoms with Crippen LogP contribution in [0.1, 0.15) is 275 Å². The smallest absolute Gasteiger partial charge is 0.109 e. The van der Waals surface area contributed by atoms with Crippen molar-refractivity contribution in [3.8, 4) is 22.3 Å². The largest absolute Gasteiger partial charge is 0.381 e. The molecular formula is C117H154O9. The molecule has 9 nitrogen and oxygen atoms in total. The molecule has 0 aliphatic heterocycles. The van der Waals surface area contributed by atoms with Crippen LogP contribution in [-0.4, -0.2) is 106 Å². The molecule has 22 rings (SSSR count). The molecule has 12 aliphatic carbocycles. The summed E-state index contributed by atoms with van der Waals surface area (Å²) in [7, 11) is 0. The monoisotopic (exact) mass is 1700 g/mol. The quantitative estimate of drug-likeness (QED) is 0.0520. The molecular weight excluding hydrogens is 1550 g/mol. The first kappa shape index (κ1) is 95.9. The van der Waals surface area contributed by atoms with Gasteiger partial charge in [0, 0.05) is 110 Å². The Kier molecular flexibility index (Phi) is 39.3. The van der Waals surface area contributed by atoms with Crippen molar-refractivity contribution in [2.45, 2.75) is 240 Å². The molecule has 8 unspecified atom stereocenters. The zero-order valence-electron chi connectivity index (χ0n) is 78.5.